The molecular formula is C23H33N3O. The highest BCUT2D eigenvalue weighted by atomic mass is 16.2. The van der Waals surface area contributed by atoms with Crippen LogP contribution in [0, 0.1) is 5.92 Å². The lowest BCUT2D eigenvalue weighted by Gasteiger charge is -2.41. The molecule has 1 saturated heterocycles. The zero-order valence-electron chi connectivity index (χ0n) is 16.6. The number of fused-ring (bicyclic) bond motifs is 3. The molecule has 1 aromatic rings. The van der Waals surface area contributed by atoms with Crippen LogP contribution in [0.15, 0.2) is 18.2 Å². The molecule has 0 spiro atoms. The third kappa shape index (κ3) is 3.26. The van der Waals surface area contributed by atoms with E-state index < -0.39 is 0 Å². The molecule has 2 saturated carbocycles. The second-order valence-electron chi connectivity index (χ2n) is 9.13. The monoisotopic (exact) mass is 367 g/mol. The van der Waals surface area contributed by atoms with Crippen molar-refractivity contribution in [3.8, 4) is 0 Å². The van der Waals surface area contributed by atoms with Crippen molar-refractivity contribution in [3.63, 3.8) is 0 Å². The van der Waals surface area contributed by atoms with Gasteiger partial charge in [0.2, 0.25) is 5.91 Å². The maximum Gasteiger partial charge on any atom is 0.227 e. The number of hydrogen-bond donors (Lipinski definition) is 1. The minimum Gasteiger partial charge on any atom is -0.368 e. The normalized spacial score (nSPS) is 28.3. The second kappa shape index (κ2) is 7.12. The quantitative estimate of drug-likeness (QED) is 0.840. The Hall–Kier alpha value is -1.55. The summed E-state index contributed by atoms with van der Waals surface area (Å²) in [6, 6.07) is 8.14. The van der Waals surface area contributed by atoms with E-state index in [1.54, 1.807) is 0 Å². The van der Waals surface area contributed by atoms with E-state index in [2.05, 4.69) is 40.2 Å². The van der Waals surface area contributed by atoms with Gasteiger partial charge in [-0.1, -0.05) is 19.8 Å². The summed E-state index contributed by atoms with van der Waals surface area (Å²) in [6.45, 7) is 5.88. The molecule has 2 unspecified atom stereocenters. The largest absolute Gasteiger partial charge is 0.368 e. The number of likely N-dealkylation sites (tertiary alicyclic amines) is 1. The highest BCUT2D eigenvalue weighted by Crippen LogP contribution is 2.46. The van der Waals surface area contributed by atoms with Crippen LogP contribution >= 0.6 is 0 Å². The molecular weight excluding hydrogens is 334 g/mol. The third-order valence-electron chi connectivity index (χ3n) is 7.27. The van der Waals surface area contributed by atoms with E-state index in [1.807, 2.05) is 0 Å². The summed E-state index contributed by atoms with van der Waals surface area (Å²) in [5.74, 6) is 1.07. The van der Waals surface area contributed by atoms with Crippen molar-refractivity contribution in [2.75, 3.05) is 29.9 Å². The fourth-order valence-corrected chi connectivity index (χ4v) is 5.73. The van der Waals surface area contributed by atoms with E-state index in [1.165, 1.54) is 62.9 Å². The van der Waals surface area contributed by atoms with Gasteiger partial charge in [0.25, 0.3) is 0 Å². The standard InChI is InChI=1S/C23H33N3O/c1-2-12-26-21-10-9-17(24-23(27)16-7-8-16)14-19(21)20-15-25(13-11-22(20)26)18-5-3-4-6-18/h9-10,14,16,18,20,22H,2-8,11-13,15H2,1H3,(H,24,27). The van der Waals surface area contributed by atoms with Crippen molar-refractivity contribution >= 4 is 17.3 Å². The van der Waals surface area contributed by atoms with Crippen molar-refractivity contribution in [2.24, 2.45) is 5.92 Å². The average molecular weight is 368 g/mol. The number of nitrogens with zero attached hydrogens (tertiary/aromatic N) is 2. The lowest BCUT2D eigenvalue weighted by atomic mass is 9.88. The van der Waals surface area contributed by atoms with E-state index in [0.29, 0.717) is 12.0 Å². The predicted octanol–water partition coefficient (Wildman–Crippen LogP) is 4.37. The summed E-state index contributed by atoms with van der Waals surface area (Å²) in [7, 11) is 0. The van der Waals surface area contributed by atoms with Gasteiger partial charge in [-0.25, -0.2) is 0 Å². The molecule has 2 atom stereocenters. The third-order valence-corrected chi connectivity index (χ3v) is 7.27. The molecule has 5 rings (SSSR count). The first-order chi connectivity index (χ1) is 13.2. The molecule has 2 heterocycles. The fourth-order valence-electron chi connectivity index (χ4n) is 5.73. The van der Waals surface area contributed by atoms with E-state index >= 15 is 0 Å². The predicted molar refractivity (Wildman–Crippen MR) is 110 cm³/mol. The van der Waals surface area contributed by atoms with Gasteiger partial charge in [0.05, 0.1) is 0 Å². The van der Waals surface area contributed by atoms with Crippen LogP contribution in [0.4, 0.5) is 11.4 Å². The second-order valence-corrected chi connectivity index (χ2v) is 9.13. The van der Waals surface area contributed by atoms with Gasteiger partial charge in [-0.15, -0.1) is 0 Å². The van der Waals surface area contributed by atoms with Gasteiger partial charge >= 0.3 is 0 Å². The summed E-state index contributed by atoms with van der Waals surface area (Å²) >= 11 is 0. The average Bonchev–Trinajstić information content (AvgIpc) is 3.32. The van der Waals surface area contributed by atoms with E-state index in [9.17, 15) is 4.79 Å². The Kier molecular flexibility index (Phi) is 4.63. The topological polar surface area (TPSA) is 35.6 Å². The van der Waals surface area contributed by atoms with Gasteiger partial charge in [0, 0.05) is 54.9 Å². The molecule has 1 N–H and O–H groups in total. The molecule has 1 amide bonds. The van der Waals surface area contributed by atoms with Crippen molar-refractivity contribution in [2.45, 2.75) is 76.3 Å². The maximum absolute atomic E-state index is 12.2. The van der Waals surface area contributed by atoms with E-state index in [-0.39, 0.29) is 11.8 Å². The van der Waals surface area contributed by atoms with Gasteiger partial charge in [0.1, 0.15) is 0 Å². The molecule has 0 radical (unpaired) electrons. The van der Waals surface area contributed by atoms with Gasteiger partial charge in [-0.05, 0) is 62.3 Å². The highest BCUT2D eigenvalue weighted by Gasteiger charge is 2.43. The zero-order chi connectivity index (χ0) is 18.4. The number of carbonyl (C=O) groups excluding carboxylic acids is 1. The number of nitrogens with one attached hydrogen (secondary N) is 1. The molecule has 0 aromatic heterocycles. The molecule has 0 bridgehead atoms. The lowest BCUT2D eigenvalue weighted by molar-refractivity contribution is -0.117. The number of rotatable bonds is 5. The Labute approximate surface area is 163 Å². The number of carbonyl (C=O) groups is 1. The molecule has 4 heteroatoms. The van der Waals surface area contributed by atoms with Crippen molar-refractivity contribution in [1.29, 1.82) is 0 Å². The molecule has 2 aliphatic carbocycles. The number of piperidine rings is 1. The number of amides is 1. The molecule has 146 valence electrons. The highest BCUT2D eigenvalue weighted by molar-refractivity contribution is 5.94. The first kappa shape index (κ1) is 17.5. The van der Waals surface area contributed by atoms with E-state index in [0.717, 1.165) is 31.1 Å². The lowest BCUT2D eigenvalue weighted by Crippen LogP contribution is -2.49. The van der Waals surface area contributed by atoms with Crippen molar-refractivity contribution < 1.29 is 4.79 Å². The van der Waals surface area contributed by atoms with Crippen LogP contribution in [0.5, 0.6) is 0 Å². The van der Waals surface area contributed by atoms with Gasteiger partial charge in [0.15, 0.2) is 0 Å². The molecule has 2 aliphatic heterocycles. The van der Waals surface area contributed by atoms with Crippen LogP contribution in [0.2, 0.25) is 0 Å². The number of benzene rings is 1. The van der Waals surface area contributed by atoms with E-state index in [4.69, 9.17) is 0 Å². The molecule has 4 nitrogen and oxygen atoms in total. The van der Waals surface area contributed by atoms with Crippen LogP contribution in [0.1, 0.15) is 69.8 Å². The van der Waals surface area contributed by atoms with Gasteiger partial charge < -0.3 is 10.2 Å². The Morgan fingerprint density at radius 2 is 1.96 bits per heavy atom. The summed E-state index contributed by atoms with van der Waals surface area (Å²) in [5, 5.41) is 3.17. The van der Waals surface area contributed by atoms with Crippen LogP contribution < -0.4 is 10.2 Å². The minimum atomic E-state index is 0.214. The molecule has 3 fully saturated rings. The van der Waals surface area contributed by atoms with Gasteiger partial charge in [-0.3, -0.25) is 9.69 Å². The molecule has 1 aromatic carbocycles. The van der Waals surface area contributed by atoms with Crippen LogP contribution in [-0.2, 0) is 4.79 Å². The Bertz CT molecular complexity index is 708. The minimum absolute atomic E-state index is 0.214. The Morgan fingerprint density at radius 3 is 2.70 bits per heavy atom. The van der Waals surface area contributed by atoms with Crippen LogP contribution in [0.3, 0.4) is 0 Å². The fraction of sp³-hybridized carbons (Fsp3) is 0.696. The summed E-state index contributed by atoms with van der Waals surface area (Å²) < 4.78 is 0. The number of hydrogen-bond acceptors (Lipinski definition) is 3. The summed E-state index contributed by atoms with van der Waals surface area (Å²) in [5.41, 5.74) is 3.90. The Balaban J connectivity index is 1.40. The first-order valence-electron chi connectivity index (χ1n) is 11.2. The smallest absolute Gasteiger partial charge is 0.227 e. The first-order valence-corrected chi connectivity index (χ1v) is 11.2. The van der Waals surface area contributed by atoms with Crippen LogP contribution in [-0.4, -0.2) is 42.5 Å². The maximum atomic E-state index is 12.2. The zero-order valence-corrected chi connectivity index (χ0v) is 16.6. The summed E-state index contributed by atoms with van der Waals surface area (Å²) in [4.78, 5) is 17.7. The number of anilines is 2. The van der Waals surface area contributed by atoms with Crippen molar-refractivity contribution in [1.82, 2.24) is 4.90 Å². The molecule has 4 aliphatic rings. The molecule has 27 heavy (non-hydrogen) atoms. The Morgan fingerprint density at radius 1 is 1.15 bits per heavy atom. The van der Waals surface area contributed by atoms with Gasteiger partial charge in [-0.2, -0.15) is 0 Å². The summed E-state index contributed by atoms with van der Waals surface area (Å²) in [6.07, 6.45) is 10.2. The van der Waals surface area contributed by atoms with Crippen molar-refractivity contribution in [3.05, 3.63) is 23.8 Å². The van der Waals surface area contributed by atoms with Crippen LogP contribution in [0.25, 0.3) is 0 Å². The SMILES string of the molecule is CCCN1c2ccc(NC(=O)C3CC3)cc2C2CN(C3CCCC3)CCC21.